The van der Waals surface area contributed by atoms with Gasteiger partial charge in [-0.1, -0.05) is 67.1 Å². The van der Waals surface area contributed by atoms with Crippen LogP contribution >= 0.6 is 11.6 Å². The molecule has 5 aromatic rings. The van der Waals surface area contributed by atoms with Crippen molar-refractivity contribution >= 4 is 34.4 Å². The van der Waals surface area contributed by atoms with E-state index >= 15 is 0 Å². The van der Waals surface area contributed by atoms with E-state index in [9.17, 15) is 0 Å². The molecule has 194 valence electrons. The number of aromatic nitrogens is 2. The van der Waals surface area contributed by atoms with Gasteiger partial charge in [-0.2, -0.15) is 0 Å². The van der Waals surface area contributed by atoms with Crippen LogP contribution < -0.4 is 5.73 Å². The van der Waals surface area contributed by atoms with Crippen molar-refractivity contribution < 1.29 is 0 Å². The van der Waals surface area contributed by atoms with Crippen molar-refractivity contribution in [2.75, 3.05) is 0 Å². The third-order valence-electron chi connectivity index (χ3n) is 7.16. The van der Waals surface area contributed by atoms with E-state index in [1.807, 2.05) is 30.6 Å². The molecule has 0 aliphatic carbocycles. The molecule has 3 aromatic carbocycles. The lowest BCUT2D eigenvalue weighted by atomic mass is 9.84. The minimum absolute atomic E-state index is 0.0646. The van der Waals surface area contributed by atoms with Crippen LogP contribution in [0.25, 0.3) is 10.9 Å². The van der Waals surface area contributed by atoms with Crippen molar-refractivity contribution in [2.24, 2.45) is 10.7 Å². The van der Waals surface area contributed by atoms with Crippen LogP contribution in [-0.2, 0) is 12.8 Å². The smallest absolute Gasteiger partial charge is 0.133 e. The first-order valence-electron chi connectivity index (χ1n) is 13.1. The number of aryl methyl sites for hydroxylation is 2. The maximum atomic E-state index is 6.73. The van der Waals surface area contributed by atoms with Crippen molar-refractivity contribution in [3.63, 3.8) is 0 Å². The van der Waals surface area contributed by atoms with Crippen LogP contribution in [0.15, 0.2) is 109 Å². The van der Waals surface area contributed by atoms with Gasteiger partial charge >= 0.3 is 0 Å². The van der Waals surface area contributed by atoms with Crippen LogP contribution in [-0.4, -0.2) is 16.2 Å². The fourth-order valence-corrected chi connectivity index (χ4v) is 5.28. The topological polar surface area (TPSA) is 64.2 Å². The first-order valence-corrected chi connectivity index (χ1v) is 13.5. The summed E-state index contributed by atoms with van der Waals surface area (Å²) in [6.07, 6.45) is 10.3. The molecule has 0 aliphatic rings. The number of nitrogens with zero attached hydrogens (tertiary/aromatic N) is 3. The second kappa shape index (κ2) is 12.1. The summed E-state index contributed by atoms with van der Waals surface area (Å²) in [6.45, 7) is 4.32. The summed E-state index contributed by atoms with van der Waals surface area (Å²) >= 11 is 6.73. The highest BCUT2D eigenvalue weighted by molar-refractivity contribution is 6.30. The minimum atomic E-state index is 0.0646. The largest absolute Gasteiger partial charge is 0.405 e. The lowest BCUT2D eigenvalue weighted by Gasteiger charge is -2.20. The summed E-state index contributed by atoms with van der Waals surface area (Å²) in [7, 11) is 0. The molecule has 0 fully saturated rings. The van der Waals surface area contributed by atoms with Gasteiger partial charge in [-0.3, -0.25) is 9.98 Å². The number of pyridine rings is 2. The third-order valence-corrected chi connectivity index (χ3v) is 7.47. The predicted octanol–water partition coefficient (Wildman–Crippen LogP) is 8.10. The van der Waals surface area contributed by atoms with Gasteiger partial charge in [0.1, 0.15) is 5.15 Å². The molecule has 5 heteroatoms. The number of aliphatic imine (C=N–C) groups is 1. The Morgan fingerprint density at radius 1 is 0.923 bits per heavy atom. The van der Waals surface area contributed by atoms with E-state index in [1.165, 1.54) is 22.9 Å². The molecule has 4 nitrogen and oxygen atoms in total. The van der Waals surface area contributed by atoms with Gasteiger partial charge < -0.3 is 5.73 Å². The number of nitrogens with two attached hydrogens (primary N) is 1. The van der Waals surface area contributed by atoms with E-state index in [-0.39, 0.29) is 5.92 Å². The Morgan fingerprint density at radius 2 is 1.67 bits per heavy atom. The van der Waals surface area contributed by atoms with E-state index in [2.05, 4.69) is 84.5 Å². The first-order chi connectivity index (χ1) is 19.1. The number of hydrogen-bond donors (Lipinski definition) is 1. The second-order valence-corrected chi connectivity index (χ2v) is 9.96. The van der Waals surface area contributed by atoms with Gasteiger partial charge in [-0.05, 0) is 94.9 Å². The molecule has 39 heavy (non-hydrogen) atoms. The Kier molecular flexibility index (Phi) is 8.14. The molecule has 0 bridgehead atoms. The van der Waals surface area contributed by atoms with E-state index in [0.29, 0.717) is 11.6 Å². The predicted molar refractivity (Wildman–Crippen MR) is 163 cm³/mol. The van der Waals surface area contributed by atoms with Crippen molar-refractivity contribution in [3.05, 3.63) is 148 Å². The number of halogens is 1. The fraction of sp³-hybridized carbons (Fsp3) is 0.147. The van der Waals surface area contributed by atoms with E-state index in [1.54, 1.807) is 12.3 Å². The molecule has 0 saturated heterocycles. The lowest BCUT2D eigenvalue weighted by Crippen LogP contribution is -2.05. The molecule has 0 amide bonds. The molecule has 0 saturated carbocycles. The zero-order valence-electron chi connectivity index (χ0n) is 22.2. The van der Waals surface area contributed by atoms with Gasteiger partial charge in [0.15, 0.2) is 0 Å². The Labute approximate surface area is 234 Å². The summed E-state index contributed by atoms with van der Waals surface area (Å²) in [5.74, 6) is 0.0646. The second-order valence-electron chi connectivity index (χ2n) is 9.60. The molecule has 1 atom stereocenters. The van der Waals surface area contributed by atoms with Crippen LogP contribution in [0.3, 0.4) is 0 Å². The van der Waals surface area contributed by atoms with Crippen molar-refractivity contribution in [1.82, 2.24) is 9.97 Å². The highest BCUT2D eigenvalue weighted by atomic mass is 35.5. The molecule has 1 unspecified atom stereocenters. The SMILES string of the molecule is CCc1ccc(C(c2cccnc2)c2ccc3nc(Cl)c(Cc4ccc(N=CC=CN)cc4)c(C)c3c2)cc1. The maximum Gasteiger partial charge on any atom is 0.133 e. The average Bonchev–Trinajstić information content (AvgIpc) is 2.97. The van der Waals surface area contributed by atoms with E-state index < -0.39 is 0 Å². The van der Waals surface area contributed by atoms with E-state index in [4.69, 9.17) is 22.3 Å². The van der Waals surface area contributed by atoms with Crippen LogP contribution in [0.4, 0.5) is 5.69 Å². The standard InChI is InChI=1S/C34H31ClN4/c1-3-24-7-11-26(12-8-24)33(28-6-4-18-37-22-28)27-13-16-32-30(21-27)23(2)31(34(35)39-32)20-25-9-14-29(15-10-25)38-19-5-17-36/h4-19,21-22,33H,3,20,36H2,1-2H3. The van der Waals surface area contributed by atoms with Gasteiger partial charge in [0.05, 0.1) is 11.2 Å². The third kappa shape index (κ3) is 5.92. The molecular formula is C34H31ClN4. The van der Waals surface area contributed by atoms with E-state index in [0.717, 1.165) is 45.3 Å². The highest BCUT2D eigenvalue weighted by Gasteiger charge is 2.19. The van der Waals surface area contributed by atoms with Gasteiger partial charge in [0.25, 0.3) is 0 Å². The van der Waals surface area contributed by atoms with Crippen molar-refractivity contribution in [1.29, 1.82) is 0 Å². The molecule has 2 N–H and O–H groups in total. The van der Waals surface area contributed by atoms with Crippen molar-refractivity contribution in [2.45, 2.75) is 32.6 Å². The lowest BCUT2D eigenvalue weighted by molar-refractivity contribution is 0.961. The molecule has 0 radical (unpaired) electrons. The fourth-order valence-electron chi connectivity index (χ4n) is 4.98. The van der Waals surface area contributed by atoms with Gasteiger partial charge in [-0.25, -0.2) is 4.98 Å². The summed E-state index contributed by atoms with van der Waals surface area (Å²) in [5.41, 5.74) is 15.4. The monoisotopic (exact) mass is 530 g/mol. The van der Waals surface area contributed by atoms with Crippen LogP contribution in [0, 0.1) is 6.92 Å². The number of benzene rings is 3. The maximum absolute atomic E-state index is 6.73. The Hall–Kier alpha value is -4.28. The summed E-state index contributed by atoms with van der Waals surface area (Å²) < 4.78 is 0. The van der Waals surface area contributed by atoms with Gasteiger partial charge in [0, 0.05) is 36.3 Å². The Morgan fingerprint density at radius 3 is 2.36 bits per heavy atom. The van der Waals surface area contributed by atoms with Gasteiger partial charge in [0.2, 0.25) is 0 Å². The molecule has 2 heterocycles. The van der Waals surface area contributed by atoms with Crippen LogP contribution in [0.1, 0.15) is 51.8 Å². The number of hydrogen-bond acceptors (Lipinski definition) is 4. The molecule has 0 aliphatic heterocycles. The Bertz CT molecular complexity index is 1620. The quantitative estimate of drug-likeness (QED) is 0.163. The average molecular weight is 531 g/mol. The zero-order chi connectivity index (χ0) is 27.2. The summed E-state index contributed by atoms with van der Waals surface area (Å²) in [5, 5.41) is 1.66. The molecule has 0 spiro atoms. The minimum Gasteiger partial charge on any atom is -0.405 e. The summed E-state index contributed by atoms with van der Waals surface area (Å²) in [6, 6.07) is 27.7. The highest BCUT2D eigenvalue weighted by Crippen LogP contribution is 2.36. The number of rotatable bonds is 8. The van der Waals surface area contributed by atoms with Crippen molar-refractivity contribution in [3.8, 4) is 0 Å². The molecule has 2 aromatic heterocycles. The molecule has 5 rings (SSSR count). The molecular weight excluding hydrogens is 500 g/mol. The number of fused-ring (bicyclic) bond motifs is 1. The van der Waals surface area contributed by atoms with Crippen LogP contribution in [0.5, 0.6) is 0 Å². The normalized spacial score (nSPS) is 12.5. The Balaban J connectivity index is 1.54. The summed E-state index contributed by atoms with van der Waals surface area (Å²) in [4.78, 5) is 13.6. The number of allylic oxidation sites excluding steroid dienone is 1. The zero-order valence-corrected chi connectivity index (χ0v) is 22.9. The van der Waals surface area contributed by atoms with Gasteiger partial charge in [-0.15, -0.1) is 0 Å². The van der Waals surface area contributed by atoms with Crippen LogP contribution in [0.2, 0.25) is 5.15 Å². The first kappa shape index (κ1) is 26.3.